The number of unbranched alkanes of at least 4 members (excludes halogenated alkanes) is 1. The summed E-state index contributed by atoms with van der Waals surface area (Å²) in [5.74, 6) is 1.51. The first-order valence-corrected chi connectivity index (χ1v) is 6.56. The molecule has 0 heterocycles. The van der Waals surface area contributed by atoms with E-state index in [0.717, 1.165) is 25.2 Å². The van der Waals surface area contributed by atoms with Crippen molar-refractivity contribution in [2.45, 2.75) is 64.4 Å². The Hall–Kier alpha value is -0.300. The van der Waals surface area contributed by atoms with Crippen molar-refractivity contribution in [2.24, 2.45) is 11.8 Å². The molecular formula is C14H26O. The largest absolute Gasteiger partial charge is 0.393 e. The lowest BCUT2D eigenvalue weighted by molar-refractivity contribution is 0.0650. The number of hydrogen-bond acceptors (Lipinski definition) is 1. The van der Waals surface area contributed by atoms with Gasteiger partial charge in [-0.05, 0) is 43.9 Å². The van der Waals surface area contributed by atoms with Gasteiger partial charge in [-0.25, -0.2) is 0 Å². The number of allylic oxidation sites excluding steroid dienone is 1. The van der Waals surface area contributed by atoms with Crippen LogP contribution >= 0.6 is 0 Å². The summed E-state index contributed by atoms with van der Waals surface area (Å²) in [5, 5.41) is 10.0. The van der Waals surface area contributed by atoms with E-state index in [1.54, 1.807) is 0 Å². The maximum absolute atomic E-state index is 10.0. The average Bonchev–Trinajstić information content (AvgIpc) is 2.29. The van der Waals surface area contributed by atoms with E-state index in [1.165, 1.54) is 32.1 Å². The molecule has 1 rings (SSSR count). The van der Waals surface area contributed by atoms with E-state index < -0.39 is 0 Å². The van der Waals surface area contributed by atoms with Crippen LogP contribution < -0.4 is 0 Å². The molecule has 1 heteroatoms. The Labute approximate surface area is 94.6 Å². The summed E-state index contributed by atoms with van der Waals surface area (Å²) in [6.07, 6.45) is 11.5. The summed E-state index contributed by atoms with van der Waals surface area (Å²) in [6, 6.07) is 0. The minimum atomic E-state index is -0.0530. The van der Waals surface area contributed by atoms with Gasteiger partial charge in [0.05, 0.1) is 6.10 Å². The van der Waals surface area contributed by atoms with Crippen molar-refractivity contribution in [2.75, 3.05) is 0 Å². The predicted molar refractivity (Wildman–Crippen MR) is 65.8 cm³/mol. The average molecular weight is 210 g/mol. The summed E-state index contributed by atoms with van der Waals surface area (Å²) in [7, 11) is 0. The van der Waals surface area contributed by atoms with E-state index >= 15 is 0 Å². The van der Waals surface area contributed by atoms with Crippen LogP contribution in [0, 0.1) is 11.8 Å². The molecule has 0 bridgehead atoms. The van der Waals surface area contributed by atoms with E-state index in [4.69, 9.17) is 0 Å². The van der Waals surface area contributed by atoms with Gasteiger partial charge in [0.2, 0.25) is 0 Å². The molecular weight excluding hydrogens is 184 g/mol. The van der Waals surface area contributed by atoms with Gasteiger partial charge in [-0.2, -0.15) is 0 Å². The molecule has 0 radical (unpaired) electrons. The van der Waals surface area contributed by atoms with Crippen LogP contribution in [0.4, 0.5) is 0 Å². The van der Waals surface area contributed by atoms with Gasteiger partial charge in [-0.1, -0.05) is 32.3 Å². The van der Waals surface area contributed by atoms with Gasteiger partial charge in [0.25, 0.3) is 0 Å². The molecule has 0 spiro atoms. The van der Waals surface area contributed by atoms with Crippen LogP contribution in [0.15, 0.2) is 12.7 Å². The van der Waals surface area contributed by atoms with Gasteiger partial charge >= 0.3 is 0 Å². The lowest BCUT2D eigenvalue weighted by Crippen LogP contribution is -2.25. The highest BCUT2D eigenvalue weighted by molar-refractivity contribution is 4.78. The molecule has 1 unspecified atom stereocenters. The summed E-state index contributed by atoms with van der Waals surface area (Å²) in [5.41, 5.74) is 0. The van der Waals surface area contributed by atoms with Crippen molar-refractivity contribution in [3.8, 4) is 0 Å². The quantitative estimate of drug-likeness (QED) is 0.520. The molecule has 0 aromatic heterocycles. The molecule has 1 saturated carbocycles. The highest BCUT2D eigenvalue weighted by Crippen LogP contribution is 2.33. The molecule has 0 aromatic rings. The Morgan fingerprint density at radius 1 is 1.33 bits per heavy atom. The first kappa shape index (κ1) is 12.8. The fraction of sp³-hybridized carbons (Fsp3) is 0.857. The zero-order chi connectivity index (χ0) is 11.1. The Morgan fingerprint density at radius 3 is 2.53 bits per heavy atom. The Balaban J connectivity index is 2.17. The minimum Gasteiger partial charge on any atom is -0.393 e. The zero-order valence-electron chi connectivity index (χ0n) is 10.1. The fourth-order valence-corrected chi connectivity index (χ4v) is 2.69. The van der Waals surface area contributed by atoms with Crippen molar-refractivity contribution >= 4 is 0 Å². The van der Waals surface area contributed by atoms with Crippen LogP contribution in [0.25, 0.3) is 0 Å². The van der Waals surface area contributed by atoms with Crippen LogP contribution in [0.5, 0.6) is 0 Å². The number of aliphatic hydroxyl groups excluding tert-OH is 1. The maximum Gasteiger partial charge on any atom is 0.0568 e. The van der Waals surface area contributed by atoms with Gasteiger partial charge < -0.3 is 5.11 Å². The van der Waals surface area contributed by atoms with Crippen molar-refractivity contribution < 1.29 is 5.11 Å². The summed E-state index contributed by atoms with van der Waals surface area (Å²) >= 11 is 0. The van der Waals surface area contributed by atoms with E-state index in [2.05, 4.69) is 13.5 Å². The third kappa shape index (κ3) is 4.38. The van der Waals surface area contributed by atoms with Gasteiger partial charge in [0, 0.05) is 0 Å². The topological polar surface area (TPSA) is 20.2 Å². The first-order chi connectivity index (χ1) is 7.27. The van der Waals surface area contributed by atoms with E-state index in [1.807, 2.05) is 6.08 Å². The van der Waals surface area contributed by atoms with Crippen molar-refractivity contribution in [1.29, 1.82) is 0 Å². The predicted octanol–water partition coefficient (Wildman–Crippen LogP) is 3.92. The Bertz CT molecular complexity index is 168. The normalized spacial score (nSPS) is 28.7. The summed E-state index contributed by atoms with van der Waals surface area (Å²) in [4.78, 5) is 0. The van der Waals surface area contributed by atoms with Gasteiger partial charge in [0.1, 0.15) is 0 Å². The van der Waals surface area contributed by atoms with Crippen molar-refractivity contribution in [1.82, 2.24) is 0 Å². The second kappa shape index (κ2) is 7.05. The van der Waals surface area contributed by atoms with E-state index in [0.29, 0.717) is 5.92 Å². The SMILES string of the molecule is C=CCCCC(O)C1CCC(CC)CC1. The smallest absolute Gasteiger partial charge is 0.0568 e. The number of aliphatic hydroxyl groups is 1. The number of hydrogen-bond donors (Lipinski definition) is 1. The van der Waals surface area contributed by atoms with Gasteiger partial charge in [-0.15, -0.1) is 6.58 Å². The lowest BCUT2D eigenvalue weighted by Gasteiger charge is -2.31. The second-order valence-corrected chi connectivity index (χ2v) is 4.98. The fourth-order valence-electron chi connectivity index (χ4n) is 2.69. The molecule has 1 nitrogen and oxygen atoms in total. The molecule has 0 aliphatic heterocycles. The Kier molecular flexibility index (Phi) is 6.00. The van der Waals surface area contributed by atoms with Crippen molar-refractivity contribution in [3.63, 3.8) is 0 Å². The highest BCUT2D eigenvalue weighted by atomic mass is 16.3. The summed E-state index contributed by atoms with van der Waals surface area (Å²) in [6.45, 7) is 5.99. The van der Waals surface area contributed by atoms with Crippen LogP contribution in [0.3, 0.4) is 0 Å². The molecule has 15 heavy (non-hydrogen) atoms. The van der Waals surface area contributed by atoms with Gasteiger partial charge in [-0.3, -0.25) is 0 Å². The maximum atomic E-state index is 10.0. The Morgan fingerprint density at radius 2 is 2.00 bits per heavy atom. The van der Waals surface area contributed by atoms with Crippen LogP contribution in [0.1, 0.15) is 58.3 Å². The van der Waals surface area contributed by atoms with Crippen LogP contribution in [0.2, 0.25) is 0 Å². The van der Waals surface area contributed by atoms with Gasteiger partial charge in [0.15, 0.2) is 0 Å². The van der Waals surface area contributed by atoms with Crippen LogP contribution in [-0.4, -0.2) is 11.2 Å². The third-order valence-corrected chi connectivity index (χ3v) is 3.92. The lowest BCUT2D eigenvalue weighted by atomic mass is 9.77. The highest BCUT2D eigenvalue weighted by Gasteiger charge is 2.24. The molecule has 1 aliphatic rings. The first-order valence-electron chi connectivity index (χ1n) is 6.56. The monoisotopic (exact) mass is 210 g/mol. The number of rotatable bonds is 6. The molecule has 0 aromatic carbocycles. The minimum absolute atomic E-state index is 0.0530. The molecule has 1 atom stereocenters. The molecule has 88 valence electrons. The molecule has 0 amide bonds. The summed E-state index contributed by atoms with van der Waals surface area (Å²) < 4.78 is 0. The van der Waals surface area contributed by atoms with E-state index in [9.17, 15) is 5.11 Å². The molecule has 1 fully saturated rings. The zero-order valence-corrected chi connectivity index (χ0v) is 10.1. The van der Waals surface area contributed by atoms with Crippen LogP contribution in [-0.2, 0) is 0 Å². The van der Waals surface area contributed by atoms with E-state index in [-0.39, 0.29) is 6.10 Å². The standard InChI is InChI=1S/C14H26O/c1-3-5-6-7-14(15)13-10-8-12(4-2)9-11-13/h3,12-15H,1,4-11H2,2H3. The van der Waals surface area contributed by atoms with Crippen molar-refractivity contribution in [3.05, 3.63) is 12.7 Å². The molecule has 1 N–H and O–H groups in total. The second-order valence-electron chi connectivity index (χ2n) is 4.98. The molecule has 1 aliphatic carbocycles. The molecule has 0 saturated heterocycles. The third-order valence-electron chi connectivity index (χ3n) is 3.92.